The molecule has 110 valence electrons. The van der Waals surface area contributed by atoms with E-state index in [0.29, 0.717) is 0 Å². The predicted octanol–water partition coefficient (Wildman–Crippen LogP) is 3.11. The molecule has 21 heavy (non-hydrogen) atoms. The van der Waals surface area contributed by atoms with Crippen LogP contribution in [0.15, 0.2) is 35.7 Å². The Balaban J connectivity index is 1.60. The molecule has 5 heteroatoms. The van der Waals surface area contributed by atoms with E-state index < -0.39 is 5.97 Å². The normalized spacial score (nSPS) is 17.0. The number of benzene rings is 1. The van der Waals surface area contributed by atoms with Crippen LogP contribution in [0.25, 0.3) is 10.6 Å². The number of piperidine rings is 1. The lowest BCUT2D eigenvalue weighted by molar-refractivity contribution is -0.143. The Labute approximate surface area is 128 Å². The minimum Gasteiger partial charge on any atom is -0.481 e. The largest absolute Gasteiger partial charge is 0.481 e. The highest BCUT2D eigenvalue weighted by molar-refractivity contribution is 7.13. The van der Waals surface area contributed by atoms with Gasteiger partial charge >= 0.3 is 5.97 Å². The van der Waals surface area contributed by atoms with Crippen molar-refractivity contribution in [1.29, 1.82) is 0 Å². The van der Waals surface area contributed by atoms with Crippen molar-refractivity contribution in [3.05, 3.63) is 41.4 Å². The van der Waals surface area contributed by atoms with Crippen molar-refractivity contribution in [2.24, 2.45) is 5.92 Å². The molecule has 0 atom stereocenters. The summed E-state index contributed by atoms with van der Waals surface area (Å²) in [6.45, 7) is 2.50. The molecule has 2 aromatic rings. The molecule has 1 aromatic carbocycles. The molecule has 1 saturated heterocycles. The highest BCUT2D eigenvalue weighted by Gasteiger charge is 2.24. The molecule has 0 aliphatic carbocycles. The van der Waals surface area contributed by atoms with E-state index in [4.69, 9.17) is 5.11 Å². The first-order valence-corrected chi connectivity index (χ1v) is 8.05. The summed E-state index contributed by atoms with van der Waals surface area (Å²) in [4.78, 5) is 17.9. The van der Waals surface area contributed by atoms with Gasteiger partial charge in [0.15, 0.2) is 0 Å². The lowest BCUT2D eigenvalue weighted by Gasteiger charge is -2.29. The molecule has 0 spiro atoms. The molecular weight excluding hydrogens is 284 g/mol. The Kier molecular flexibility index (Phi) is 4.31. The maximum atomic E-state index is 11.0. The van der Waals surface area contributed by atoms with Gasteiger partial charge in [-0.15, -0.1) is 11.3 Å². The fourth-order valence-electron chi connectivity index (χ4n) is 2.66. The topological polar surface area (TPSA) is 53.4 Å². The van der Waals surface area contributed by atoms with Gasteiger partial charge in [0.05, 0.1) is 11.6 Å². The monoisotopic (exact) mass is 302 g/mol. The Morgan fingerprint density at radius 1 is 1.29 bits per heavy atom. The smallest absolute Gasteiger partial charge is 0.306 e. The highest BCUT2D eigenvalue weighted by atomic mass is 32.1. The van der Waals surface area contributed by atoms with E-state index >= 15 is 0 Å². The third kappa shape index (κ3) is 3.49. The van der Waals surface area contributed by atoms with Crippen molar-refractivity contribution in [2.45, 2.75) is 19.4 Å². The maximum absolute atomic E-state index is 11.0. The summed E-state index contributed by atoms with van der Waals surface area (Å²) in [7, 11) is 0. The summed E-state index contributed by atoms with van der Waals surface area (Å²) in [5, 5.41) is 12.2. The summed E-state index contributed by atoms with van der Waals surface area (Å²) in [6.07, 6.45) is 1.48. The predicted molar refractivity (Wildman–Crippen MR) is 83.2 cm³/mol. The minimum absolute atomic E-state index is 0.170. The standard InChI is InChI=1S/C16H18N2O2S/c19-16(20)13-6-8-18(9-7-13)10-14-11-21-15(17-14)12-4-2-1-3-5-12/h1-5,11,13H,6-10H2,(H,19,20). The van der Waals surface area contributed by atoms with E-state index in [1.807, 2.05) is 18.2 Å². The summed E-state index contributed by atoms with van der Waals surface area (Å²) in [6, 6.07) is 10.2. The van der Waals surface area contributed by atoms with E-state index in [0.717, 1.165) is 48.7 Å². The van der Waals surface area contributed by atoms with Gasteiger partial charge in [0.2, 0.25) is 0 Å². The summed E-state index contributed by atoms with van der Waals surface area (Å²) < 4.78 is 0. The number of nitrogens with zero attached hydrogens (tertiary/aromatic N) is 2. The van der Waals surface area contributed by atoms with Crippen LogP contribution in [0.2, 0.25) is 0 Å². The quantitative estimate of drug-likeness (QED) is 0.943. The average molecular weight is 302 g/mol. The van der Waals surface area contributed by atoms with E-state index in [1.165, 1.54) is 0 Å². The van der Waals surface area contributed by atoms with Gasteiger partial charge in [-0.3, -0.25) is 9.69 Å². The van der Waals surface area contributed by atoms with E-state index in [-0.39, 0.29) is 5.92 Å². The van der Waals surface area contributed by atoms with Crippen molar-refractivity contribution < 1.29 is 9.90 Å². The molecule has 0 saturated carbocycles. The average Bonchev–Trinajstić information content (AvgIpc) is 2.97. The molecule has 4 nitrogen and oxygen atoms in total. The minimum atomic E-state index is -0.658. The van der Waals surface area contributed by atoms with Crippen molar-refractivity contribution in [1.82, 2.24) is 9.88 Å². The van der Waals surface area contributed by atoms with Crippen LogP contribution in [0.1, 0.15) is 18.5 Å². The van der Waals surface area contributed by atoms with Crippen molar-refractivity contribution in [3.8, 4) is 10.6 Å². The Morgan fingerprint density at radius 2 is 2.00 bits per heavy atom. The Morgan fingerprint density at radius 3 is 2.67 bits per heavy atom. The van der Waals surface area contributed by atoms with Gasteiger partial charge in [-0.2, -0.15) is 0 Å². The number of hydrogen-bond donors (Lipinski definition) is 1. The van der Waals surface area contributed by atoms with Gasteiger partial charge in [-0.25, -0.2) is 4.98 Å². The van der Waals surface area contributed by atoms with Crippen LogP contribution in [-0.2, 0) is 11.3 Å². The van der Waals surface area contributed by atoms with Gasteiger partial charge in [0.1, 0.15) is 5.01 Å². The zero-order valence-electron chi connectivity index (χ0n) is 11.7. The van der Waals surface area contributed by atoms with Gasteiger partial charge in [-0.05, 0) is 25.9 Å². The second kappa shape index (κ2) is 6.37. The zero-order valence-corrected chi connectivity index (χ0v) is 12.6. The number of carbonyl (C=O) groups is 1. The van der Waals surface area contributed by atoms with E-state index in [1.54, 1.807) is 11.3 Å². The number of carboxylic acid groups (broad SMARTS) is 1. The highest BCUT2D eigenvalue weighted by Crippen LogP contribution is 2.25. The van der Waals surface area contributed by atoms with Gasteiger partial charge in [-0.1, -0.05) is 30.3 Å². The first-order chi connectivity index (χ1) is 10.2. The Bertz CT molecular complexity index is 604. The third-order valence-corrected chi connectivity index (χ3v) is 4.84. The van der Waals surface area contributed by atoms with Crippen molar-refractivity contribution in [3.63, 3.8) is 0 Å². The summed E-state index contributed by atoms with van der Waals surface area (Å²) in [5.41, 5.74) is 2.23. The first kappa shape index (κ1) is 14.2. The molecule has 1 N–H and O–H groups in total. The van der Waals surface area contributed by atoms with Gasteiger partial charge in [0.25, 0.3) is 0 Å². The molecule has 0 unspecified atom stereocenters. The molecule has 0 bridgehead atoms. The Hall–Kier alpha value is -1.72. The maximum Gasteiger partial charge on any atom is 0.306 e. The van der Waals surface area contributed by atoms with Gasteiger partial charge < -0.3 is 5.11 Å². The fourth-order valence-corrected chi connectivity index (χ4v) is 3.48. The van der Waals surface area contributed by atoms with Crippen LogP contribution in [0, 0.1) is 5.92 Å². The van der Waals surface area contributed by atoms with E-state index in [9.17, 15) is 4.79 Å². The summed E-state index contributed by atoms with van der Waals surface area (Å²) >= 11 is 1.66. The molecule has 1 aliphatic rings. The number of likely N-dealkylation sites (tertiary alicyclic amines) is 1. The SMILES string of the molecule is O=C(O)C1CCN(Cc2csc(-c3ccccc3)n2)CC1. The number of thiazole rings is 1. The van der Waals surface area contributed by atoms with Gasteiger partial charge in [0, 0.05) is 17.5 Å². The molecule has 1 fully saturated rings. The van der Waals surface area contributed by atoms with Crippen LogP contribution in [0.5, 0.6) is 0 Å². The first-order valence-electron chi connectivity index (χ1n) is 7.17. The fraction of sp³-hybridized carbons (Fsp3) is 0.375. The van der Waals surface area contributed by atoms with Crippen LogP contribution >= 0.6 is 11.3 Å². The number of hydrogen-bond acceptors (Lipinski definition) is 4. The molecule has 0 radical (unpaired) electrons. The second-order valence-corrected chi connectivity index (χ2v) is 6.26. The molecular formula is C16H18N2O2S. The van der Waals surface area contributed by atoms with Crippen molar-refractivity contribution >= 4 is 17.3 Å². The van der Waals surface area contributed by atoms with Crippen molar-refractivity contribution in [2.75, 3.05) is 13.1 Å². The van der Waals surface area contributed by atoms with Crippen LogP contribution in [0.3, 0.4) is 0 Å². The zero-order chi connectivity index (χ0) is 14.7. The van der Waals surface area contributed by atoms with Crippen LogP contribution < -0.4 is 0 Å². The lowest BCUT2D eigenvalue weighted by Crippen LogP contribution is -2.35. The molecule has 0 amide bonds. The summed E-state index contributed by atoms with van der Waals surface area (Å²) in [5.74, 6) is -0.828. The molecule has 1 aliphatic heterocycles. The van der Waals surface area contributed by atoms with Crippen LogP contribution in [0.4, 0.5) is 0 Å². The van der Waals surface area contributed by atoms with E-state index in [2.05, 4.69) is 27.4 Å². The molecule has 3 rings (SSSR count). The number of rotatable bonds is 4. The second-order valence-electron chi connectivity index (χ2n) is 5.40. The number of carboxylic acids is 1. The number of aromatic nitrogens is 1. The number of aliphatic carboxylic acids is 1. The molecule has 1 aromatic heterocycles. The lowest BCUT2D eigenvalue weighted by atomic mass is 9.97. The molecule has 2 heterocycles. The third-order valence-electron chi connectivity index (χ3n) is 3.89. The van der Waals surface area contributed by atoms with Crippen LogP contribution in [-0.4, -0.2) is 34.0 Å².